The highest BCUT2D eigenvalue weighted by Crippen LogP contribution is 2.55. The Morgan fingerprint density at radius 2 is 2.00 bits per heavy atom. The topological polar surface area (TPSA) is 196 Å². The number of imidazole rings is 1. The Morgan fingerprint density at radius 3 is 2.63 bits per heavy atom. The van der Waals surface area contributed by atoms with Crippen LogP contribution in [0.4, 0.5) is 14.5 Å². The van der Waals surface area contributed by atoms with Crippen molar-refractivity contribution in [2.45, 2.75) is 55.6 Å². The van der Waals surface area contributed by atoms with Crippen molar-refractivity contribution in [3.8, 4) is 0 Å². The lowest BCUT2D eigenvalue weighted by Gasteiger charge is -2.18. The van der Waals surface area contributed by atoms with Crippen LogP contribution in [0.25, 0.3) is 5.65 Å². The van der Waals surface area contributed by atoms with Crippen LogP contribution in [0, 0.1) is 0 Å². The Bertz CT molecular complexity index is 1200. The predicted octanol–water partition coefficient (Wildman–Crippen LogP) is 1.48. The van der Waals surface area contributed by atoms with Gasteiger partial charge >= 0.3 is 15.2 Å². The smallest absolute Gasteiger partial charge is 0.340 e. The molecular weight excluding hydrogens is 540 g/mol. The molecule has 0 bridgehead atoms. The first-order chi connectivity index (χ1) is 16.1. The van der Waals surface area contributed by atoms with Crippen LogP contribution in [0.2, 0.25) is 5.15 Å². The van der Waals surface area contributed by atoms with E-state index < -0.39 is 64.1 Å². The number of aromatic nitrogens is 3. The second-order valence-corrected chi connectivity index (χ2v) is 12.9. The van der Waals surface area contributed by atoms with E-state index in [-0.39, 0.29) is 35.8 Å². The molecule has 2 aliphatic rings. The summed E-state index contributed by atoms with van der Waals surface area (Å²) in [5.41, 5.74) is 0.662. The molecule has 6 N–H and O–H groups in total. The van der Waals surface area contributed by atoms with Crippen molar-refractivity contribution >= 4 is 38.1 Å². The molecule has 2 aromatic heterocycles. The van der Waals surface area contributed by atoms with Crippen molar-refractivity contribution in [2.75, 3.05) is 17.8 Å². The van der Waals surface area contributed by atoms with E-state index >= 15 is 0 Å². The van der Waals surface area contributed by atoms with Crippen molar-refractivity contribution in [1.82, 2.24) is 14.6 Å². The molecule has 13 nitrogen and oxygen atoms in total. The number of hydrogen-bond donors (Lipinski definition) is 6. The van der Waals surface area contributed by atoms with Gasteiger partial charge in [0.05, 0.1) is 24.2 Å². The van der Waals surface area contributed by atoms with Gasteiger partial charge in [-0.05, 0) is 6.42 Å². The number of anilines is 1. The summed E-state index contributed by atoms with van der Waals surface area (Å²) in [5.74, 6) is -4.20. The van der Waals surface area contributed by atoms with Crippen molar-refractivity contribution in [2.24, 2.45) is 0 Å². The minimum absolute atomic E-state index is 0.0180. The lowest BCUT2D eigenvalue weighted by atomic mass is 10.1. The molecule has 1 aliphatic carbocycles. The van der Waals surface area contributed by atoms with Gasteiger partial charge in [0.1, 0.15) is 24.4 Å². The molecule has 196 valence electrons. The zero-order chi connectivity index (χ0) is 25.8. The number of ether oxygens (including phenoxy) is 1. The van der Waals surface area contributed by atoms with E-state index in [1.807, 2.05) is 0 Å². The molecule has 5 unspecified atom stereocenters. The lowest BCUT2D eigenvalue weighted by molar-refractivity contribution is -0.0204. The predicted molar refractivity (Wildman–Crippen MR) is 117 cm³/mol. The van der Waals surface area contributed by atoms with Crippen LogP contribution in [-0.4, -0.2) is 82.3 Å². The first-order valence-electron chi connectivity index (χ1n) is 10.4. The summed E-state index contributed by atoms with van der Waals surface area (Å²) in [4.78, 5) is 31.6. The van der Waals surface area contributed by atoms with Crippen LogP contribution in [0.1, 0.15) is 31.1 Å². The molecule has 0 radical (unpaired) electrons. The fourth-order valence-electron chi connectivity index (χ4n) is 4.14. The third-order valence-corrected chi connectivity index (χ3v) is 9.33. The summed E-state index contributed by atoms with van der Waals surface area (Å²) in [6.07, 6.45) is -4.84. The minimum Gasteiger partial charge on any atom is -0.387 e. The Balaban J connectivity index is 1.53. The summed E-state index contributed by atoms with van der Waals surface area (Å²) in [7, 11) is -9.57. The van der Waals surface area contributed by atoms with Gasteiger partial charge in [0.2, 0.25) is 5.92 Å². The number of nitrogens with one attached hydrogen (secondary N) is 1. The molecule has 35 heavy (non-hydrogen) atoms. The Morgan fingerprint density at radius 1 is 1.29 bits per heavy atom. The molecule has 2 aromatic rings. The Hall–Kier alpha value is -1.25. The number of alkyl halides is 2. The first kappa shape index (κ1) is 26.8. The van der Waals surface area contributed by atoms with Gasteiger partial charge in [0, 0.05) is 24.9 Å². The number of fused-ring (bicyclic) bond motifs is 1. The molecule has 0 aromatic carbocycles. The number of halogens is 3. The number of rotatable bonds is 8. The standard InChI is InChI=1S/C17H23ClF2N4O9P2/c18-12-3-9(22-8-1-2-17(19,20)4-8)16-21-5-10(24(16)23-12)15-14(26)13(25)11(33-15)6-32-35(30,31)7-34(27,28)29/h3,5,8,11,13-15,22,25-26H,1-2,4,6-7H2,(H,30,31)(H2,27,28,29)/t8?,11-,13?,14?,15?/m1/s1. The van der Waals surface area contributed by atoms with E-state index in [0.717, 1.165) is 0 Å². The third kappa shape index (κ3) is 6.19. The monoisotopic (exact) mass is 562 g/mol. The normalized spacial score (nSPS) is 30.6. The number of hydrogen-bond acceptors (Lipinski definition) is 9. The van der Waals surface area contributed by atoms with E-state index in [1.165, 1.54) is 16.8 Å². The molecule has 0 amide bonds. The van der Waals surface area contributed by atoms with Gasteiger partial charge in [-0.2, -0.15) is 5.10 Å². The maximum atomic E-state index is 13.6. The highest BCUT2D eigenvalue weighted by Gasteiger charge is 2.46. The molecule has 0 spiro atoms. The van der Waals surface area contributed by atoms with Gasteiger partial charge < -0.3 is 39.5 Å². The van der Waals surface area contributed by atoms with Gasteiger partial charge in [-0.1, -0.05) is 11.6 Å². The SMILES string of the molecule is O=P(O)(O)CP(=O)(O)OC[C@H]1OC(c2cnc3c(NC4CCC(F)(F)C4)cc(Cl)nn23)C(O)C1O. The average molecular weight is 563 g/mol. The molecule has 4 rings (SSSR count). The number of aliphatic hydroxyl groups excluding tert-OH is 2. The quantitative estimate of drug-likeness (QED) is 0.254. The molecule has 6 atom stereocenters. The third-order valence-electron chi connectivity index (χ3n) is 5.68. The summed E-state index contributed by atoms with van der Waals surface area (Å²) >= 11 is 6.10. The van der Waals surface area contributed by atoms with Crippen LogP contribution >= 0.6 is 26.8 Å². The maximum absolute atomic E-state index is 13.6. The van der Waals surface area contributed by atoms with Crippen LogP contribution in [0.5, 0.6) is 0 Å². The van der Waals surface area contributed by atoms with Crippen LogP contribution in [0.3, 0.4) is 0 Å². The average Bonchev–Trinajstić information content (AvgIpc) is 3.35. The van der Waals surface area contributed by atoms with Gasteiger partial charge in [0.25, 0.3) is 0 Å². The van der Waals surface area contributed by atoms with E-state index in [9.17, 15) is 33.0 Å². The van der Waals surface area contributed by atoms with E-state index in [0.29, 0.717) is 5.69 Å². The molecule has 1 saturated heterocycles. The van der Waals surface area contributed by atoms with Crippen molar-refractivity contribution in [1.29, 1.82) is 0 Å². The highest BCUT2D eigenvalue weighted by molar-refractivity contribution is 7.70. The second-order valence-electron chi connectivity index (χ2n) is 8.55. The largest absolute Gasteiger partial charge is 0.387 e. The zero-order valence-corrected chi connectivity index (χ0v) is 20.4. The van der Waals surface area contributed by atoms with Gasteiger partial charge in [-0.15, -0.1) is 0 Å². The highest BCUT2D eigenvalue weighted by atomic mass is 35.5. The second kappa shape index (κ2) is 9.56. The van der Waals surface area contributed by atoms with Crippen molar-refractivity contribution < 1.29 is 52.1 Å². The van der Waals surface area contributed by atoms with E-state index in [1.54, 1.807) is 0 Å². The van der Waals surface area contributed by atoms with Crippen molar-refractivity contribution in [3.63, 3.8) is 0 Å². The van der Waals surface area contributed by atoms with Crippen molar-refractivity contribution in [3.05, 3.63) is 23.1 Å². The summed E-state index contributed by atoms with van der Waals surface area (Å²) in [6, 6.07) is 0.896. The first-order valence-corrected chi connectivity index (χ1v) is 14.3. The van der Waals surface area contributed by atoms with Crippen LogP contribution in [0.15, 0.2) is 12.3 Å². The molecule has 18 heteroatoms. The lowest BCUT2D eigenvalue weighted by Crippen LogP contribution is -2.33. The van der Waals surface area contributed by atoms with Gasteiger partial charge in [-0.25, -0.2) is 18.3 Å². The minimum atomic E-state index is -4.85. The molecule has 2 fully saturated rings. The fourth-order valence-corrected chi connectivity index (χ4v) is 6.90. The van der Waals surface area contributed by atoms with Gasteiger partial charge in [-0.3, -0.25) is 9.13 Å². The molecule has 1 saturated carbocycles. The van der Waals surface area contributed by atoms with Crippen LogP contribution in [-0.2, 0) is 18.4 Å². The molecular formula is C17H23ClF2N4O9P2. The maximum Gasteiger partial charge on any atom is 0.340 e. The number of aliphatic hydroxyl groups is 2. The molecule has 3 heterocycles. The summed E-state index contributed by atoms with van der Waals surface area (Å²) in [6.45, 7) is -0.754. The Labute approximate surface area is 201 Å². The van der Waals surface area contributed by atoms with E-state index in [4.69, 9.17) is 26.1 Å². The van der Waals surface area contributed by atoms with Crippen LogP contribution < -0.4 is 5.32 Å². The molecule has 1 aliphatic heterocycles. The zero-order valence-electron chi connectivity index (χ0n) is 17.8. The number of nitrogens with zero attached hydrogens (tertiary/aromatic N) is 3. The summed E-state index contributed by atoms with van der Waals surface area (Å²) < 4.78 is 61.5. The van der Waals surface area contributed by atoms with E-state index in [2.05, 4.69) is 19.9 Å². The van der Waals surface area contributed by atoms with Gasteiger partial charge in [0.15, 0.2) is 16.7 Å². The fraction of sp³-hybridized carbons (Fsp3) is 0.647. The summed E-state index contributed by atoms with van der Waals surface area (Å²) in [5, 5.41) is 27.9. The Kier molecular flexibility index (Phi) is 7.32.